The molecule has 19 heavy (non-hydrogen) atoms. The molecule has 0 saturated heterocycles. The average Bonchev–Trinajstić information content (AvgIpc) is 2.37. The van der Waals surface area contributed by atoms with Crippen molar-refractivity contribution in [3.63, 3.8) is 0 Å². The van der Waals surface area contributed by atoms with Crippen molar-refractivity contribution in [1.82, 2.24) is 4.98 Å². The van der Waals surface area contributed by atoms with Crippen LogP contribution in [0.4, 0.5) is 0 Å². The number of nitrogens with zero attached hydrogens (tertiary/aromatic N) is 1. The average molecular weight is 318 g/mol. The van der Waals surface area contributed by atoms with E-state index in [4.69, 9.17) is 45.3 Å². The standard InChI is InChI=1S/C13H11Cl3N2O/c14-10-4-12(16)13(5-11(10)15)19-9-3-8(1-2-17)6-18-7-9/h3-7H,1-2,17H2. The predicted octanol–water partition coefficient (Wildman–Crippen LogP) is 4.34. The Morgan fingerprint density at radius 2 is 1.74 bits per heavy atom. The largest absolute Gasteiger partial charge is 0.454 e. The van der Waals surface area contributed by atoms with Gasteiger partial charge in [0, 0.05) is 12.3 Å². The van der Waals surface area contributed by atoms with Crippen molar-refractivity contribution in [2.75, 3.05) is 6.54 Å². The fourth-order valence-electron chi connectivity index (χ4n) is 1.53. The number of nitrogens with two attached hydrogens (primary N) is 1. The first-order valence-electron chi connectivity index (χ1n) is 5.56. The fourth-order valence-corrected chi connectivity index (χ4v) is 2.11. The summed E-state index contributed by atoms with van der Waals surface area (Å²) in [6, 6.07) is 4.97. The third kappa shape index (κ3) is 3.74. The lowest BCUT2D eigenvalue weighted by Gasteiger charge is -2.09. The fraction of sp³-hybridized carbons (Fsp3) is 0.154. The SMILES string of the molecule is NCCc1cncc(Oc2cc(Cl)c(Cl)cc2Cl)c1. The minimum Gasteiger partial charge on any atom is -0.454 e. The zero-order valence-corrected chi connectivity index (χ0v) is 12.1. The van der Waals surface area contributed by atoms with Crippen LogP contribution in [0.5, 0.6) is 11.5 Å². The smallest absolute Gasteiger partial charge is 0.147 e. The molecule has 0 aliphatic carbocycles. The quantitative estimate of drug-likeness (QED) is 0.854. The maximum absolute atomic E-state index is 6.04. The van der Waals surface area contributed by atoms with Crippen LogP contribution in [-0.4, -0.2) is 11.5 Å². The van der Waals surface area contributed by atoms with Crippen LogP contribution in [-0.2, 0) is 6.42 Å². The molecule has 3 nitrogen and oxygen atoms in total. The maximum atomic E-state index is 6.04. The van der Waals surface area contributed by atoms with Crippen LogP contribution in [0.2, 0.25) is 15.1 Å². The third-order valence-corrected chi connectivity index (χ3v) is 3.42. The van der Waals surface area contributed by atoms with Crippen molar-refractivity contribution >= 4 is 34.8 Å². The molecule has 1 aromatic heterocycles. The second-order valence-electron chi connectivity index (χ2n) is 3.87. The zero-order valence-electron chi connectivity index (χ0n) is 9.87. The summed E-state index contributed by atoms with van der Waals surface area (Å²) >= 11 is 17.8. The number of benzene rings is 1. The van der Waals surface area contributed by atoms with Gasteiger partial charge in [-0.25, -0.2) is 0 Å². The van der Waals surface area contributed by atoms with Gasteiger partial charge in [0.1, 0.15) is 11.5 Å². The van der Waals surface area contributed by atoms with Gasteiger partial charge in [-0.15, -0.1) is 0 Å². The van der Waals surface area contributed by atoms with Crippen molar-refractivity contribution in [2.45, 2.75) is 6.42 Å². The molecule has 0 bridgehead atoms. The van der Waals surface area contributed by atoms with Gasteiger partial charge in [0.15, 0.2) is 0 Å². The first-order valence-corrected chi connectivity index (χ1v) is 6.70. The minimum atomic E-state index is 0.382. The van der Waals surface area contributed by atoms with Gasteiger partial charge in [-0.05, 0) is 30.7 Å². The highest BCUT2D eigenvalue weighted by Crippen LogP contribution is 2.36. The van der Waals surface area contributed by atoms with E-state index in [1.54, 1.807) is 18.5 Å². The van der Waals surface area contributed by atoms with Crippen LogP contribution < -0.4 is 10.5 Å². The third-order valence-electron chi connectivity index (χ3n) is 2.41. The summed E-state index contributed by atoms with van der Waals surface area (Å²) in [5, 5.41) is 1.15. The Balaban J connectivity index is 2.25. The van der Waals surface area contributed by atoms with E-state index in [9.17, 15) is 0 Å². The topological polar surface area (TPSA) is 48.1 Å². The number of halogens is 3. The molecule has 2 rings (SSSR count). The lowest BCUT2D eigenvalue weighted by molar-refractivity contribution is 0.479. The molecule has 1 heterocycles. The number of pyridine rings is 1. The summed E-state index contributed by atoms with van der Waals surface area (Å²) in [5.41, 5.74) is 6.50. The molecule has 0 atom stereocenters. The summed E-state index contributed by atoms with van der Waals surface area (Å²) in [6.07, 6.45) is 4.08. The molecule has 0 unspecified atom stereocenters. The molecule has 2 aromatic rings. The summed E-state index contributed by atoms with van der Waals surface area (Å²) in [4.78, 5) is 4.09. The van der Waals surface area contributed by atoms with Crippen LogP contribution in [0.15, 0.2) is 30.6 Å². The highest BCUT2D eigenvalue weighted by atomic mass is 35.5. The lowest BCUT2D eigenvalue weighted by Crippen LogP contribution is -2.03. The molecule has 100 valence electrons. The van der Waals surface area contributed by atoms with Crippen molar-refractivity contribution in [2.24, 2.45) is 5.73 Å². The Kier molecular flexibility index (Phi) is 4.88. The number of rotatable bonds is 4. The van der Waals surface area contributed by atoms with E-state index >= 15 is 0 Å². The second kappa shape index (κ2) is 6.44. The second-order valence-corrected chi connectivity index (χ2v) is 5.09. The molecule has 2 N–H and O–H groups in total. The first-order chi connectivity index (χ1) is 9.10. The molecule has 0 saturated carbocycles. The van der Waals surface area contributed by atoms with Gasteiger partial charge in [-0.3, -0.25) is 4.98 Å². The van der Waals surface area contributed by atoms with Gasteiger partial charge >= 0.3 is 0 Å². The summed E-state index contributed by atoms with van der Waals surface area (Å²) in [5.74, 6) is 1.01. The van der Waals surface area contributed by atoms with Crippen molar-refractivity contribution < 1.29 is 4.74 Å². The van der Waals surface area contributed by atoms with Gasteiger partial charge in [0.05, 0.1) is 21.3 Å². The summed E-state index contributed by atoms with van der Waals surface area (Å²) in [7, 11) is 0. The highest BCUT2D eigenvalue weighted by Gasteiger charge is 2.08. The molecule has 6 heteroatoms. The normalized spacial score (nSPS) is 10.5. The van der Waals surface area contributed by atoms with E-state index in [1.807, 2.05) is 6.07 Å². The van der Waals surface area contributed by atoms with Crippen LogP contribution in [0.25, 0.3) is 0 Å². The Morgan fingerprint density at radius 3 is 2.47 bits per heavy atom. The van der Waals surface area contributed by atoms with E-state index in [1.165, 1.54) is 6.07 Å². The molecule has 0 spiro atoms. The summed E-state index contributed by atoms with van der Waals surface area (Å²) < 4.78 is 5.65. The van der Waals surface area contributed by atoms with Crippen LogP contribution in [0, 0.1) is 0 Å². The lowest BCUT2D eigenvalue weighted by atomic mass is 10.2. The van der Waals surface area contributed by atoms with Gasteiger partial charge < -0.3 is 10.5 Å². The molecular weight excluding hydrogens is 307 g/mol. The van der Waals surface area contributed by atoms with E-state index in [-0.39, 0.29) is 0 Å². The van der Waals surface area contributed by atoms with E-state index < -0.39 is 0 Å². The van der Waals surface area contributed by atoms with Gasteiger partial charge in [-0.2, -0.15) is 0 Å². The van der Waals surface area contributed by atoms with Gasteiger partial charge in [-0.1, -0.05) is 34.8 Å². The Hall–Kier alpha value is -1.000. The molecule has 0 fully saturated rings. The Morgan fingerprint density at radius 1 is 1.00 bits per heavy atom. The molecule has 1 aromatic carbocycles. The molecule has 0 amide bonds. The van der Waals surface area contributed by atoms with Gasteiger partial charge in [0.25, 0.3) is 0 Å². The minimum absolute atomic E-state index is 0.382. The Bertz CT molecular complexity index is 590. The molecule has 0 radical (unpaired) electrons. The molecular formula is C13H11Cl3N2O. The zero-order chi connectivity index (χ0) is 13.8. The van der Waals surface area contributed by atoms with Crippen molar-refractivity contribution in [3.8, 4) is 11.5 Å². The molecule has 0 aliphatic heterocycles. The van der Waals surface area contributed by atoms with Crippen LogP contribution in [0.1, 0.15) is 5.56 Å². The van der Waals surface area contributed by atoms with E-state index in [2.05, 4.69) is 4.98 Å². The van der Waals surface area contributed by atoms with Crippen molar-refractivity contribution in [1.29, 1.82) is 0 Å². The number of aromatic nitrogens is 1. The monoisotopic (exact) mass is 316 g/mol. The number of ether oxygens (including phenoxy) is 1. The van der Waals surface area contributed by atoms with E-state index in [0.29, 0.717) is 33.1 Å². The highest BCUT2D eigenvalue weighted by molar-refractivity contribution is 6.43. The molecule has 0 aliphatic rings. The maximum Gasteiger partial charge on any atom is 0.147 e. The number of hydrogen-bond acceptors (Lipinski definition) is 3. The van der Waals surface area contributed by atoms with E-state index in [0.717, 1.165) is 12.0 Å². The van der Waals surface area contributed by atoms with Crippen molar-refractivity contribution in [3.05, 3.63) is 51.2 Å². The van der Waals surface area contributed by atoms with Crippen LogP contribution >= 0.6 is 34.8 Å². The first kappa shape index (κ1) is 14.4. The van der Waals surface area contributed by atoms with Crippen LogP contribution in [0.3, 0.4) is 0 Å². The Labute approximate surface area is 126 Å². The summed E-state index contributed by atoms with van der Waals surface area (Å²) in [6.45, 7) is 0.554. The predicted molar refractivity (Wildman–Crippen MR) is 78.5 cm³/mol. The van der Waals surface area contributed by atoms with Gasteiger partial charge in [0.2, 0.25) is 0 Å². The number of hydrogen-bond donors (Lipinski definition) is 1.